The first-order chi connectivity index (χ1) is 45.8. The fraction of sp³-hybridized carbons (Fsp3) is 0.833. The van der Waals surface area contributed by atoms with Crippen molar-refractivity contribution in [3.63, 3.8) is 0 Å². The molecular weight excluding hydrogens is 1330 g/mol. The van der Waals surface area contributed by atoms with Crippen LogP contribution in [-0.2, 0) is 78.0 Å². The fourth-order valence-electron chi connectivity index (χ4n) is 12.6. The van der Waals surface area contributed by atoms with Crippen LogP contribution in [0.4, 0.5) is 17.1 Å². The van der Waals surface area contributed by atoms with Crippen molar-refractivity contribution in [1.82, 2.24) is 19.6 Å². The van der Waals surface area contributed by atoms with E-state index in [1.165, 1.54) is 90.4 Å². The second-order valence-electron chi connectivity index (χ2n) is 29.3. The summed E-state index contributed by atoms with van der Waals surface area (Å²) in [6.45, 7) is 38.9. The third-order valence-electron chi connectivity index (χ3n) is 17.4. The molecule has 0 amide bonds. The Kier molecular flexibility index (Phi) is 40.8. The number of benzene rings is 2. The van der Waals surface area contributed by atoms with Gasteiger partial charge in [0, 0.05) is 117 Å². The number of rotatable bonds is 30. The molecule has 0 aromatic heterocycles. The number of piperidine rings is 2. The van der Waals surface area contributed by atoms with Gasteiger partial charge in [0.1, 0.15) is 4.90 Å². The van der Waals surface area contributed by atoms with Crippen LogP contribution in [0.2, 0.25) is 0 Å². The van der Waals surface area contributed by atoms with Gasteiger partial charge in [-0.2, -0.15) is 33.7 Å². The van der Waals surface area contributed by atoms with E-state index in [1.807, 2.05) is 72.0 Å². The first-order valence-corrected chi connectivity index (χ1v) is 42.5. The molecule has 2 aliphatic carbocycles. The molecule has 0 spiro atoms. The lowest BCUT2D eigenvalue weighted by molar-refractivity contribution is -0.00246. The molecule has 0 bridgehead atoms. The van der Waals surface area contributed by atoms with E-state index >= 15 is 0 Å². The molecule has 2 unspecified atom stereocenters. The van der Waals surface area contributed by atoms with Crippen molar-refractivity contribution < 1.29 is 64.6 Å². The van der Waals surface area contributed by atoms with Crippen molar-refractivity contribution >= 4 is 57.5 Å². The van der Waals surface area contributed by atoms with Gasteiger partial charge in [0.05, 0.1) is 77.5 Å². The van der Waals surface area contributed by atoms with Crippen LogP contribution in [0.3, 0.4) is 0 Å². The van der Waals surface area contributed by atoms with E-state index in [0.29, 0.717) is 37.1 Å². The minimum Gasteiger partial charge on any atom is -0.379 e. The van der Waals surface area contributed by atoms with Crippen molar-refractivity contribution in [3.05, 3.63) is 42.0 Å². The molecule has 3 heterocycles. The van der Waals surface area contributed by atoms with Crippen LogP contribution in [0.1, 0.15) is 199 Å². The first kappa shape index (κ1) is 89.4. The summed E-state index contributed by atoms with van der Waals surface area (Å²) < 4.78 is 133. The van der Waals surface area contributed by atoms with E-state index in [2.05, 4.69) is 47.3 Å². The molecule has 0 radical (unpaired) electrons. The van der Waals surface area contributed by atoms with Gasteiger partial charge in [-0.05, 0) is 230 Å². The smallest absolute Gasteiger partial charge is 0.299 e. The summed E-state index contributed by atoms with van der Waals surface area (Å²) in [4.78, 5) is 15.8. The molecule has 5 fully saturated rings. The van der Waals surface area contributed by atoms with E-state index in [4.69, 9.17) is 30.9 Å². The average Bonchev–Trinajstić information content (AvgIpc) is 0.918. The van der Waals surface area contributed by atoms with Gasteiger partial charge in [-0.15, -0.1) is 0 Å². The zero-order valence-corrected chi connectivity index (χ0v) is 67.5. The Bertz CT molecular complexity index is 2980. The fourth-order valence-corrected chi connectivity index (χ4v) is 17.8. The molecule has 2 aromatic rings. The Hall–Kier alpha value is -2.80. The number of piperazine rings is 1. The van der Waals surface area contributed by atoms with Crippen LogP contribution in [0.15, 0.2) is 46.2 Å². The van der Waals surface area contributed by atoms with Crippen LogP contribution >= 0.6 is 0 Å². The maximum absolute atomic E-state index is 12.2. The Morgan fingerprint density at radius 1 is 0.449 bits per heavy atom. The van der Waals surface area contributed by atoms with Crippen LogP contribution in [-0.4, -0.2) is 240 Å². The Balaban J connectivity index is 0.000000320. The quantitative estimate of drug-likeness (QED) is 0.0523. The van der Waals surface area contributed by atoms with Crippen molar-refractivity contribution in [2.75, 3.05) is 141 Å². The number of nitrogens with zero attached hydrogens (tertiary/aromatic N) is 7. The summed E-state index contributed by atoms with van der Waals surface area (Å²) >= 11 is 0. The van der Waals surface area contributed by atoms with E-state index in [0.717, 1.165) is 107 Å². The molecule has 22 nitrogen and oxygen atoms in total. The van der Waals surface area contributed by atoms with Crippen molar-refractivity contribution in [2.45, 2.75) is 270 Å². The molecule has 98 heavy (non-hydrogen) atoms. The van der Waals surface area contributed by atoms with E-state index in [1.54, 1.807) is 90.6 Å². The summed E-state index contributed by atoms with van der Waals surface area (Å²) in [6.07, 6.45) is 17.9. The molecule has 2 atom stereocenters. The topological polar surface area (TPSA) is 224 Å². The molecule has 3 aliphatic heterocycles. The molecule has 2 aromatic carbocycles. The van der Waals surface area contributed by atoms with Gasteiger partial charge in [0.15, 0.2) is 0 Å². The van der Waals surface area contributed by atoms with E-state index < -0.39 is 40.5 Å². The number of anilines is 3. The third-order valence-corrected chi connectivity index (χ3v) is 23.7. The van der Waals surface area contributed by atoms with Crippen LogP contribution in [0, 0.1) is 5.92 Å². The minimum absolute atomic E-state index is 0.0768. The lowest BCUT2D eigenvalue weighted by Crippen LogP contribution is -2.48. The highest BCUT2D eigenvalue weighted by atomic mass is 32.2. The maximum Gasteiger partial charge on any atom is 0.299 e. The standard InChI is InChI=1S/C15H32N2O4S.C15H25NO4S.C15H29NO.C14H27NO3S.C13H22N2O3S/c1-14(2)20-12-5-6-16-7-9-17(10-8-16)11-13-22(18,19)21-15(3)4;1-11(2)19-10-13-7-8-14(9-15(13)16(5)6)21(17,18)20-12(3)4;1-13(2)17-12-14-8-4-5-9-15(14)16-10-6-3-7-11-16;1-12(2)18-19(16,17)14-8-6-13(7-9-14)15-10-4-3-5-11-15;1-10(2)18-19(16,17)13-8-7-11(14(3)4)9-12(13)15(5)6/h14-15H,5-13H2,1-4H3;7-9,11-12H,10H2,1-6H3;13-15H,3-12H2,1-2H3;12-14H,3-11H2,1-2H3;7-10H,1-6H3. The van der Waals surface area contributed by atoms with Gasteiger partial charge in [-0.3, -0.25) is 21.6 Å². The minimum atomic E-state index is -3.74. The number of hydrogen-bond donors (Lipinski definition) is 0. The largest absolute Gasteiger partial charge is 0.379 e. The molecular formula is C72H135N7O15S4. The van der Waals surface area contributed by atoms with E-state index in [-0.39, 0.29) is 51.3 Å². The number of hydrogen-bond acceptors (Lipinski definition) is 22. The lowest BCUT2D eigenvalue weighted by atomic mass is 9.83. The van der Waals surface area contributed by atoms with E-state index in [9.17, 15) is 33.7 Å². The maximum atomic E-state index is 12.2. The van der Waals surface area contributed by atoms with Gasteiger partial charge in [0.25, 0.3) is 40.5 Å². The second-order valence-corrected chi connectivity index (χ2v) is 36.0. The molecule has 7 rings (SSSR count). The van der Waals surface area contributed by atoms with Crippen molar-refractivity contribution in [2.24, 2.45) is 5.92 Å². The third kappa shape index (κ3) is 34.7. The number of ether oxygens (including phenoxy) is 3. The molecule has 5 aliphatic rings. The normalized spacial score (nSPS) is 20.5. The van der Waals surface area contributed by atoms with Crippen LogP contribution in [0.25, 0.3) is 0 Å². The zero-order chi connectivity index (χ0) is 73.6. The molecule has 2 saturated carbocycles. The highest BCUT2D eigenvalue weighted by molar-refractivity contribution is 7.87. The predicted molar refractivity (Wildman–Crippen MR) is 400 cm³/mol. The molecule has 572 valence electrons. The summed E-state index contributed by atoms with van der Waals surface area (Å²) in [5.74, 6) is 0.872. The summed E-state index contributed by atoms with van der Waals surface area (Å²) in [5, 5.41) is -0.282. The van der Waals surface area contributed by atoms with Gasteiger partial charge >= 0.3 is 0 Å². The monoisotopic (exact) mass is 1470 g/mol. The highest BCUT2D eigenvalue weighted by Gasteiger charge is 2.35. The molecule has 0 N–H and O–H groups in total. The Labute approximate surface area is 597 Å². The zero-order valence-electron chi connectivity index (χ0n) is 64.2. The molecule has 3 saturated heterocycles. The van der Waals surface area contributed by atoms with Gasteiger partial charge in [-0.25, -0.2) is 0 Å². The summed E-state index contributed by atoms with van der Waals surface area (Å²) in [7, 11) is -3.04. The number of likely N-dealkylation sites (tertiary alicyclic amines) is 2. The van der Waals surface area contributed by atoms with Gasteiger partial charge in [0.2, 0.25) is 0 Å². The van der Waals surface area contributed by atoms with Gasteiger partial charge in [-0.1, -0.05) is 31.7 Å². The predicted octanol–water partition coefficient (Wildman–Crippen LogP) is 11.9. The van der Waals surface area contributed by atoms with Gasteiger partial charge < -0.3 is 43.6 Å². The molecule has 26 heteroatoms. The van der Waals surface area contributed by atoms with Crippen molar-refractivity contribution in [3.8, 4) is 0 Å². The lowest BCUT2D eigenvalue weighted by Gasteiger charge is -2.42. The summed E-state index contributed by atoms with van der Waals surface area (Å²) in [5.41, 5.74) is 3.31. The van der Waals surface area contributed by atoms with Crippen LogP contribution < -0.4 is 14.7 Å². The van der Waals surface area contributed by atoms with Crippen LogP contribution in [0.5, 0.6) is 0 Å². The Morgan fingerprint density at radius 2 is 0.949 bits per heavy atom. The second kappa shape index (κ2) is 44.8. The average molecular weight is 1470 g/mol. The first-order valence-electron chi connectivity index (χ1n) is 36.6. The SMILES string of the molecule is CC(C)OCC1CCCCC1N1CCCCC1.CC(C)OCCCN1CCN(CCS(=O)(=O)OC(C)C)CC1.CC(C)OCc1ccc(S(=O)(=O)OC(C)C)cc1N(C)C.CC(C)OS(=O)(=O)C1CCC(N2CCCCC2)CC1.CC(C)OS(=O)(=O)c1ccc(N(C)C)cc1N(C)C. The summed E-state index contributed by atoms with van der Waals surface area (Å²) in [6, 6.07) is 11.6. The van der Waals surface area contributed by atoms with Crippen molar-refractivity contribution in [1.29, 1.82) is 0 Å². The highest BCUT2D eigenvalue weighted by Crippen LogP contribution is 2.34. The Morgan fingerprint density at radius 3 is 1.45 bits per heavy atom.